The van der Waals surface area contributed by atoms with Gasteiger partial charge in [0.05, 0.1) is 0 Å². The molecule has 1 amide bonds. The molecule has 0 spiro atoms. The molecule has 3 N–H and O–H groups in total. The number of benzene rings is 1. The van der Waals surface area contributed by atoms with E-state index >= 15 is 0 Å². The normalized spacial score (nSPS) is 24.6. The van der Waals surface area contributed by atoms with Crippen LogP contribution in [0.3, 0.4) is 0 Å². The molecule has 1 heterocycles. The molecule has 4 nitrogen and oxygen atoms in total. The Kier molecular flexibility index (Phi) is 3.81. The fourth-order valence-electron chi connectivity index (χ4n) is 2.22. The van der Waals surface area contributed by atoms with Crippen LogP contribution in [0.2, 0.25) is 0 Å². The summed E-state index contributed by atoms with van der Waals surface area (Å²) in [6, 6.07) is 5.91. The van der Waals surface area contributed by atoms with E-state index in [0.717, 1.165) is 18.7 Å². The number of rotatable bonds is 2. The predicted molar refractivity (Wildman–Crippen MR) is 68.8 cm³/mol. The van der Waals surface area contributed by atoms with E-state index in [2.05, 4.69) is 5.32 Å². The maximum atomic E-state index is 12.9. The van der Waals surface area contributed by atoms with Crippen molar-refractivity contribution in [2.75, 3.05) is 18.0 Å². The van der Waals surface area contributed by atoms with E-state index in [4.69, 9.17) is 5.73 Å². The van der Waals surface area contributed by atoms with E-state index in [9.17, 15) is 9.18 Å². The highest BCUT2D eigenvalue weighted by Gasteiger charge is 2.29. The molecule has 0 aliphatic carbocycles. The largest absolute Gasteiger partial charge is 0.358 e. The number of halogens is 1. The fraction of sp³-hybridized carbons (Fsp3) is 0.462. The number of carbonyl (C=O) groups excluding carboxylic acids is 1. The summed E-state index contributed by atoms with van der Waals surface area (Å²) >= 11 is 0. The first-order chi connectivity index (χ1) is 8.61. The molecule has 0 saturated carbocycles. The molecule has 1 saturated heterocycles. The molecule has 2 unspecified atom stereocenters. The van der Waals surface area contributed by atoms with Crippen LogP contribution < -0.4 is 16.0 Å². The Morgan fingerprint density at radius 2 is 2.11 bits per heavy atom. The first-order valence-corrected chi connectivity index (χ1v) is 6.14. The van der Waals surface area contributed by atoms with Crippen molar-refractivity contribution in [2.45, 2.75) is 25.4 Å². The van der Waals surface area contributed by atoms with E-state index in [1.54, 1.807) is 12.1 Å². The van der Waals surface area contributed by atoms with E-state index in [1.807, 2.05) is 11.8 Å². The molecular formula is C13H18FN3O. The number of anilines is 1. The fourth-order valence-corrected chi connectivity index (χ4v) is 2.22. The van der Waals surface area contributed by atoms with Crippen LogP contribution >= 0.6 is 0 Å². The topological polar surface area (TPSA) is 58.4 Å². The minimum atomic E-state index is -0.389. The molecule has 0 aromatic heterocycles. The van der Waals surface area contributed by atoms with E-state index in [1.165, 1.54) is 12.1 Å². The first-order valence-electron chi connectivity index (χ1n) is 6.14. The van der Waals surface area contributed by atoms with Gasteiger partial charge in [-0.3, -0.25) is 4.79 Å². The van der Waals surface area contributed by atoms with Gasteiger partial charge in [-0.15, -0.1) is 0 Å². The van der Waals surface area contributed by atoms with Crippen molar-refractivity contribution in [1.82, 2.24) is 5.32 Å². The summed E-state index contributed by atoms with van der Waals surface area (Å²) in [5.41, 5.74) is 6.52. The Morgan fingerprint density at radius 3 is 2.72 bits per heavy atom. The van der Waals surface area contributed by atoms with Crippen molar-refractivity contribution in [3.8, 4) is 0 Å². The van der Waals surface area contributed by atoms with Gasteiger partial charge in [0.25, 0.3) is 0 Å². The summed E-state index contributed by atoms with van der Waals surface area (Å²) in [6.07, 6.45) is 0.847. The second-order valence-electron chi connectivity index (χ2n) is 4.62. The molecule has 0 bridgehead atoms. The lowest BCUT2D eigenvalue weighted by Gasteiger charge is -2.29. The smallest absolute Gasteiger partial charge is 0.244 e. The van der Waals surface area contributed by atoms with Crippen LogP contribution in [0.1, 0.15) is 13.3 Å². The summed E-state index contributed by atoms with van der Waals surface area (Å²) in [5, 5.41) is 2.92. The molecule has 1 fully saturated rings. The van der Waals surface area contributed by atoms with Crippen molar-refractivity contribution in [3.05, 3.63) is 30.1 Å². The molecule has 1 aliphatic heterocycles. The molecule has 1 aromatic carbocycles. The van der Waals surface area contributed by atoms with Gasteiger partial charge in [0.15, 0.2) is 0 Å². The van der Waals surface area contributed by atoms with Gasteiger partial charge in [-0.05, 0) is 37.6 Å². The summed E-state index contributed by atoms with van der Waals surface area (Å²) in [5.74, 6) is -0.345. The zero-order chi connectivity index (χ0) is 13.1. The molecule has 2 rings (SSSR count). The Labute approximate surface area is 106 Å². The molecule has 1 aromatic rings. The van der Waals surface area contributed by atoms with Crippen molar-refractivity contribution in [3.63, 3.8) is 0 Å². The summed E-state index contributed by atoms with van der Waals surface area (Å²) in [6.45, 7) is 2.95. The third-order valence-electron chi connectivity index (χ3n) is 3.25. The third kappa shape index (κ3) is 2.61. The Morgan fingerprint density at radius 1 is 1.44 bits per heavy atom. The second-order valence-corrected chi connectivity index (χ2v) is 4.62. The predicted octanol–water partition coefficient (Wildman–Crippen LogP) is 0.868. The van der Waals surface area contributed by atoms with Gasteiger partial charge in [-0.2, -0.15) is 0 Å². The van der Waals surface area contributed by atoms with Gasteiger partial charge in [-0.1, -0.05) is 0 Å². The summed E-state index contributed by atoms with van der Waals surface area (Å²) in [7, 11) is 0. The average Bonchev–Trinajstić information content (AvgIpc) is 2.48. The van der Waals surface area contributed by atoms with Crippen molar-refractivity contribution < 1.29 is 9.18 Å². The van der Waals surface area contributed by atoms with Crippen LogP contribution in [0, 0.1) is 5.82 Å². The van der Waals surface area contributed by atoms with Crippen LogP contribution in [0.4, 0.5) is 10.1 Å². The Bertz CT molecular complexity index is 421. The Balaban J connectivity index is 2.27. The van der Waals surface area contributed by atoms with E-state index in [0.29, 0.717) is 0 Å². The zero-order valence-corrected chi connectivity index (χ0v) is 10.4. The van der Waals surface area contributed by atoms with Crippen LogP contribution in [0.15, 0.2) is 24.3 Å². The van der Waals surface area contributed by atoms with Gasteiger partial charge in [0.1, 0.15) is 11.9 Å². The number of nitrogens with two attached hydrogens (primary N) is 1. The molecular weight excluding hydrogens is 233 g/mol. The van der Waals surface area contributed by atoms with Gasteiger partial charge < -0.3 is 16.0 Å². The number of nitrogens with zero attached hydrogens (tertiary/aromatic N) is 1. The van der Waals surface area contributed by atoms with Gasteiger partial charge in [0, 0.05) is 24.8 Å². The second kappa shape index (κ2) is 5.35. The standard InChI is InChI=1S/C13H18FN3O/c1-9-6-7-17(12(8-15)13(18)16-9)11-4-2-10(14)3-5-11/h2-5,9,12H,6-8,15H2,1H3,(H,16,18). The molecule has 18 heavy (non-hydrogen) atoms. The number of nitrogens with one attached hydrogen (secondary N) is 1. The molecule has 1 aliphatic rings. The minimum Gasteiger partial charge on any atom is -0.358 e. The zero-order valence-electron chi connectivity index (χ0n) is 10.4. The number of hydrogen-bond acceptors (Lipinski definition) is 3. The number of carbonyl (C=O) groups is 1. The van der Waals surface area contributed by atoms with Crippen molar-refractivity contribution >= 4 is 11.6 Å². The monoisotopic (exact) mass is 251 g/mol. The maximum absolute atomic E-state index is 12.9. The van der Waals surface area contributed by atoms with Gasteiger partial charge in [0.2, 0.25) is 5.91 Å². The SMILES string of the molecule is CC1CCN(c2ccc(F)cc2)C(CN)C(=O)N1. The quantitative estimate of drug-likeness (QED) is 0.820. The molecule has 5 heteroatoms. The number of hydrogen-bond donors (Lipinski definition) is 2. The highest BCUT2D eigenvalue weighted by molar-refractivity contribution is 5.86. The minimum absolute atomic E-state index is 0.0631. The van der Waals surface area contributed by atoms with Gasteiger partial charge in [-0.25, -0.2) is 4.39 Å². The Hall–Kier alpha value is -1.62. The molecule has 0 radical (unpaired) electrons. The summed E-state index contributed by atoms with van der Waals surface area (Å²) in [4.78, 5) is 13.9. The lowest BCUT2D eigenvalue weighted by atomic mass is 10.2. The van der Waals surface area contributed by atoms with Crippen LogP contribution in [0.5, 0.6) is 0 Å². The highest BCUT2D eigenvalue weighted by Crippen LogP contribution is 2.20. The lowest BCUT2D eigenvalue weighted by molar-refractivity contribution is -0.122. The molecule has 98 valence electrons. The third-order valence-corrected chi connectivity index (χ3v) is 3.25. The summed E-state index contributed by atoms with van der Waals surface area (Å²) < 4.78 is 12.9. The van der Waals surface area contributed by atoms with Crippen molar-refractivity contribution in [2.24, 2.45) is 5.73 Å². The first kappa shape index (κ1) is 12.8. The van der Waals surface area contributed by atoms with Crippen molar-refractivity contribution in [1.29, 1.82) is 0 Å². The highest BCUT2D eigenvalue weighted by atomic mass is 19.1. The van der Waals surface area contributed by atoms with Crippen LogP contribution in [0.25, 0.3) is 0 Å². The lowest BCUT2D eigenvalue weighted by Crippen LogP contribution is -2.49. The van der Waals surface area contributed by atoms with Crippen LogP contribution in [-0.4, -0.2) is 31.1 Å². The number of amides is 1. The maximum Gasteiger partial charge on any atom is 0.244 e. The molecule has 2 atom stereocenters. The van der Waals surface area contributed by atoms with E-state index < -0.39 is 0 Å². The average molecular weight is 251 g/mol. The van der Waals surface area contributed by atoms with E-state index in [-0.39, 0.29) is 30.4 Å². The van der Waals surface area contributed by atoms with Gasteiger partial charge >= 0.3 is 0 Å². The van der Waals surface area contributed by atoms with Crippen LogP contribution in [-0.2, 0) is 4.79 Å².